The zero-order chi connectivity index (χ0) is 16.1. The highest BCUT2D eigenvalue weighted by Gasteiger charge is 2.09. The Hall–Kier alpha value is -1.89. The fourth-order valence-corrected chi connectivity index (χ4v) is 2.34. The van der Waals surface area contributed by atoms with Gasteiger partial charge in [-0.05, 0) is 59.0 Å². The first kappa shape index (κ1) is 16.5. The van der Waals surface area contributed by atoms with E-state index in [-0.39, 0.29) is 17.7 Å². The molecule has 114 valence electrons. The maximum Gasteiger partial charge on any atom is 0.255 e. The van der Waals surface area contributed by atoms with Gasteiger partial charge in [0.05, 0.1) is 0 Å². The number of benzene rings is 2. The molecular weight excluding hydrogens is 391 g/mol. The smallest absolute Gasteiger partial charge is 0.255 e. The number of carbonyl (C=O) groups excluding carboxylic acids is 2. The van der Waals surface area contributed by atoms with Crippen LogP contribution in [-0.2, 0) is 4.79 Å². The summed E-state index contributed by atoms with van der Waals surface area (Å²) in [5.41, 5.74) is 1.91. The van der Waals surface area contributed by atoms with Crippen LogP contribution in [0.2, 0.25) is 0 Å². The Morgan fingerprint density at radius 1 is 0.955 bits per heavy atom. The predicted octanol–water partition coefficient (Wildman–Crippen LogP) is 4.14. The molecule has 0 saturated heterocycles. The zero-order valence-corrected chi connectivity index (χ0v) is 14.5. The van der Waals surface area contributed by atoms with Crippen LogP contribution in [0.25, 0.3) is 0 Å². The lowest BCUT2D eigenvalue weighted by Crippen LogP contribution is -2.18. The van der Waals surface area contributed by atoms with Gasteiger partial charge in [0.25, 0.3) is 5.91 Å². The Morgan fingerprint density at radius 2 is 1.59 bits per heavy atom. The molecule has 0 radical (unpaired) electrons. The van der Waals surface area contributed by atoms with Crippen molar-refractivity contribution < 1.29 is 9.59 Å². The Bertz CT molecular complexity index is 699. The highest BCUT2D eigenvalue weighted by Crippen LogP contribution is 2.17. The van der Waals surface area contributed by atoms with E-state index in [1.807, 2.05) is 32.0 Å². The summed E-state index contributed by atoms with van der Waals surface area (Å²) in [6.07, 6.45) is 0. The quantitative estimate of drug-likeness (QED) is 0.748. The van der Waals surface area contributed by atoms with Gasteiger partial charge in [-0.2, -0.15) is 0 Å². The second kappa shape index (κ2) is 7.40. The fourth-order valence-electron chi connectivity index (χ4n) is 1.79. The van der Waals surface area contributed by atoms with Gasteiger partial charge in [-0.1, -0.05) is 26.0 Å². The summed E-state index contributed by atoms with van der Waals surface area (Å²) in [5.74, 6) is -0.323. The molecule has 2 N–H and O–H groups in total. The zero-order valence-electron chi connectivity index (χ0n) is 12.4. The largest absolute Gasteiger partial charge is 0.326 e. The summed E-state index contributed by atoms with van der Waals surface area (Å²) < 4.78 is 1.00. The molecule has 5 heteroatoms. The minimum absolute atomic E-state index is 0.0545. The summed E-state index contributed by atoms with van der Waals surface area (Å²) in [4.78, 5) is 23.9. The molecule has 0 saturated carbocycles. The highest BCUT2D eigenvalue weighted by molar-refractivity contribution is 14.1. The van der Waals surface area contributed by atoms with Crippen LogP contribution in [0.3, 0.4) is 0 Å². The number of carbonyl (C=O) groups is 2. The number of hydrogen-bond donors (Lipinski definition) is 2. The second-order valence-corrected chi connectivity index (χ2v) is 6.43. The SMILES string of the molecule is CC(C)C(=O)Nc1cccc(NC(=O)c2cccc(I)c2)c1. The summed E-state index contributed by atoms with van der Waals surface area (Å²) in [6, 6.07) is 14.5. The first-order valence-corrected chi connectivity index (χ1v) is 8.01. The van der Waals surface area contributed by atoms with Crippen molar-refractivity contribution in [2.24, 2.45) is 5.92 Å². The molecule has 0 atom stereocenters. The molecule has 2 amide bonds. The highest BCUT2D eigenvalue weighted by atomic mass is 127. The third kappa shape index (κ3) is 4.56. The van der Waals surface area contributed by atoms with Gasteiger partial charge in [0.2, 0.25) is 5.91 Å². The van der Waals surface area contributed by atoms with Crippen LogP contribution < -0.4 is 10.6 Å². The standard InChI is InChI=1S/C17H17IN2O2/c1-11(2)16(21)19-14-7-4-8-15(10-14)20-17(22)12-5-3-6-13(18)9-12/h3-11H,1-2H3,(H,19,21)(H,20,22). The van der Waals surface area contributed by atoms with Crippen LogP contribution in [0.5, 0.6) is 0 Å². The summed E-state index contributed by atoms with van der Waals surface area (Å²) >= 11 is 2.17. The van der Waals surface area contributed by atoms with Crippen molar-refractivity contribution in [2.45, 2.75) is 13.8 Å². The topological polar surface area (TPSA) is 58.2 Å². The predicted molar refractivity (Wildman–Crippen MR) is 97.0 cm³/mol. The Labute approximate surface area is 143 Å². The van der Waals surface area contributed by atoms with Crippen LogP contribution in [0, 0.1) is 9.49 Å². The van der Waals surface area contributed by atoms with E-state index >= 15 is 0 Å². The van der Waals surface area contributed by atoms with E-state index in [1.54, 1.807) is 30.3 Å². The average Bonchev–Trinajstić information content (AvgIpc) is 2.47. The van der Waals surface area contributed by atoms with Crippen molar-refractivity contribution in [3.8, 4) is 0 Å². The third-order valence-electron chi connectivity index (χ3n) is 3.00. The first-order valence-electron chi connectivity index (χ1n) is 6.93. The Kier molecular flexibility index (Phi) is 5.54. The van der Waals surface area contributed by atoms with Gasteiger partial charge in [0.15, 0.2) is 0 Å². The third-order valence-corrected chi connectivity index (χ3v) is 3.67. The van der Waals surface area contributed by atoms with Crippen molar-refractivity contribution in [2.75, 3.05) is 10.6 Å². The molecular formula is C17H17IN2O2. The number of anilines is 2. The van der Waals surface area contributed by atoms with E-state index in [9.17, 15) is 9.59 Å². The molecule has 0 aliphatic heterocycles. The van der Waals surface area contributed by atoms with Crippen molar-refractivity contribution >= 4 is 45.8 Å². The number of halogens is 1. The fraction of sp³-hybridized carbons (Fsp3) is 0.176. The molecule has 0 bridgehead atoms. The first-order chi connectivity index (χ1) is 10.5. The van der Waals surface area contributed by atoms with Gasteiger partial charge in [-0.15, -0.1) is 0 Å². The van der Waals surface area contributed by atoms with Crippen LogP contribution in [0.1, 0.15) is 24.2 Å². The van der Waals surface area contributed by atoms with Gasteiger partial charge in [0.1, 0.15) is 0 Å². The van der Waals surface area contributed by atoms with Gasteiger partial charge >= 0.3 is 0 Å². The van der Waals surface area contributed by atoms with Crippen molar-refractivity contribution in [1.82, 2.24) is 0 Å². The van der Waals surface area contributed by atoms with Crippen molar-refractivity contribution in [1.29, 1.82) is 0 Å². The number of nitrogens with one attached hydrogen (secondary N) is 2. The lowest BCUT2D eigenvalue weighted by Gasteiger charge is -2.10. The second-order valence-electron chi connectivity index (χ2n) is 5.19. The van der Waals surface area contributed by atoms with Gasteiger partial charge in [-0.25, -0.2) is 0 Å². The van der Waals surface area contributed by atoms with Crippen molar-refractivity contribution in [3.63, 3.8) is 0 Å². The van der Waals surface area contributed by atoms with E-state index < -0.39 is 0 Å². The van der Waals surface area contributed by atoms with E-state index in [2.05, 4.69) is 33.2 Å². The molecule has 2 aromatic rings. The normalized spacial score (nSPS) is 10.4. The maximum absolute atomic E-state index is 12.2. The minimum Gasteiger partial charge on any atom is -0.326 e. The molecule has 2 aromatic carbocycles. The molecule has 2 rings (SSSR count). The van der Waals surface area contributed by atoms with E-state index in [4.69, 9.17) is 0 Å². The van der Waals surface area contributed by atoms with Crippen LogP contribution >= 0.6 is 22.6 Å². The summed E-state index contributed by atoms with van der Waals surface area (Å²) in [5, 5.41) is 5.65. The maximum atomic E-state index is 12.2. The van der Waals surface area contributed by atoms with Crippen LogP contribution in [0.4, 0.5) is 11.4 Å². The lowest BCUT2D eigenvalue weighted by atomic mass is 10.2. The monoisotopic (exact) mass is 408 g/mol. The molecule has 4 nitrogen and oxygen atoms in total. The summed E-state index contributed by atoms with van der Waals surface area (Å²) in [6.45, 7) is 3.66. The lowest BCUT2D eigenvalue weighted by molar-refractivity contribution is -0.118. The minimum atomic E-state index is -0.175. The molecule has 0 aromatic heterocycles. The Balaban J connectivity index is 2.10. The van der Waals surface area contributed by atoms with Crippen LogP contribution in [-0.4, -0.2) is 11.8 Å². The molecule has 0 fully saturated rings. The van der Waals surface area contributed by atoms with Gasteiger partial charge < -0.3 is 10.6 Å². The molecule has 0 unspecified atom stereocenters. The Morgan fingerprint density at radius 3 is 2.23 bits per heavy atom. The van der Waals surface area contributed by atoms with E-state index in [0.717, 1.165) is 3.57 Å². The molecule has 0 heterocycles. The van der Waals surface area contributed by atoms with E-state index in [1.165, 1.54) is 0 Å². The molecule has 0 spiro atoms. The van der Waals surface area contributed by atoms with Gasteiger partial charge in [-0.3, -0.25) is 9.59 Å². The van der Waals surface area contributed by atoms with Gasteiger partial charge in [0, 0.05) is 26.4 Å². The number of amides is 2. The molecule has 22 heavy (non-hydrogen) atoms. The van der Waals surface area contributed by atoms with E-state index in [0.29, 0.717) is 16.9 Å². The average molecular weight is 408 g/mol. The van der Waals surface area contributed by atoms with Crippen molar-refractivity contribution in [3.05, 3.63) is 57.7 Å². The summed E-state index contributed by atoms with van der Waals surface area (Å²) in [7, 11) is 0. The molecule has 0 aliphatic carbocycles. The molecule has 0 aliphatic rings. The number of rotatable bonds is 4. The van der Waals surface area contributed by atoms with Crippen LogP contribution in [0.15, 0.2) is 48.5 Å². The number of hydrogen-bond acceptors (Lipinski definition) is 2.